The van der Waals surface area contributed by atoms with E-state index in [0.717, 1.165) is 82.7 Å². The highest BCUT2D eigenvalue weighted by Crippen LogP contribution is 2.42. The molecule has 7 heteroatoms. The van der Waals surface area contributed by atoms with E-state index < -0.39 is 0 Å². The number of benzene rings is 10. The van der Waals surface area contributed by atoms with Gasteiger partial charge in [0.15, 0.2) is 5.82 Å². The highest BCUT2D eigenvalue weighted by molar-refractivity contribution is 6.12. The summed E-state index contributed by atoms with van der Waals surface area (Å²) < 4.78 is 9.17. The van der Waals surface area contributed by atoms with Gasteiger partial charge >= 0.3 is 0 Å². The summed E-state index contributed by atoms with van der Waals surface area (Å²) in [6.45, 7) is 0. The molecule has 326 valence electrons. The molecule has 0 radical (unpaired) electrons. The third-order valence-electron chi connectivity index (χ3n) is 14.3. The number of aromatic nitrogens is 7. The maximum absolute atomic E-state index is 5.67. The molecule has 15 rings (SSSR count). The lowest BCUT2D eigenvalue weighted by Gasteiger charge is -2.19. The van der Waals surface area contributed by atoms with Crippen LogP contribution in [-0.4, -0.2) is 33.2 Å². The minimum Gasteiger partial charge on any atom is -0.309 e. The second-order valence-electron chi connectivity index (χ2n) is 18.0. The second-order valence-corrected chi connectivity index (χ2v) is 18.0. The van der Waals surface area contributed by atoms with Crippen LogP contribution in [0.25, 0.3) is 133 Å². The lowest BCUT2D eigenvalue weighted by atomic mass is 9.96. The number of para-hydroxylation sites is 8. The van der Waals surface area contributed by atoms with Gasteiger partial charge in [-0.3, -0.25) is 9.13 Å². The summed E-state index contributed by atoms with van der Waals surface area (Å²) in [5.41, 5.74) is 13.6. The van der Waals surface area contributed by atoms with E-state index in [4.69, 9.17) is 15.0 Å². The van der Waals surface area contributed by atoms with Gasteiger partial charge in [0, 0.05) is 48.8 Å². The number of hydrogen-bond donors (Lipinski definition) is 0. The van der Waals surface area contributed by atoms with Crippen molar-refractivity contribution in [2.75, 3.05) is 0 Å². The molecule has 0 amide bonds. The van der Waals surface area contributed by atoms with Gasteiger partial charge in [-0.1, -0.05) is 170 Å². The van der Waals surface area contributed by atoms with Gasteiger partial charge in [0.25, 0.3) is 0 Å². The van der Waals surface area contributed by atoms with Gasteiger partial charge < -0.3 is 9.13 Å². The van der Waals surface area contributed by atoms with Crippen LogP contribution in [0.4, 0.5) is 0 Å². The number of nitrogens with zero attached hydrogens (tertiary/aromatic N) is 7. The molecule has 0 N–H and O–H groups in total. The summed E-state index contributed by atoms with van der Waals surface area (Å²) >= 11 is 0. The summed E-state index contributed by atoms with van der Waals surface area (Å²) in [5.74, 6) is 1.62. The molecule has 7 nitrogen and oxygen atoms in total. The Kier molecular flexibility index (Phi) is 8.23. The van der Waals surface area contributed by atoms with E-state index >= 15 is 0 Å². The van der Waals surface area contributed by atoms with E-state index in [9.17, 15) is 0 Å². The zero-order valence-corrected chi connectivity index (χ0v) is 37.6. The molecule has 0 spiro atoms. The molecule has 10 aromatic carbocycles. The van der Waals surface area contributed by atoms with Gasteiger partial charge in [0.2, 0.25) is 11.9 Å². The largest absolute Gasteiger partial charge is 0.309 e. The predicted octanol–water partition coefficient (Wildman–Crippen LogP) is 15.6. The first-order valence-electron chi connectivity index (χ1n) is 23.7. The molecule has 0 aliphatic carbocycles. The zero-order chi connectivity index (χ0) is 45.9. The molecular weight excluding hydrogens is 855 g/mol. The summed E-state index contributed by atoms with van der Waals surface area (Å²) in [4.78, 5) is 16.9. The Balaban J connectivity index is 1.06. The Morgan fingerprint density at radius 2 is 0.557 bits per heavy atom. The van der Waals surface area contributed by atoms with E-state index in [2.05, 4.69) is 255 Å². The van der Waals surface area contributed by atoms with Crippen molar-refractivity contribution in [2.45, 2.75) is 0 Å². The van der Waals surface area contributed by atoms with E-state index in [-0.39, 0.29) is 0 Å². The zero-order valence-electron chi connectivity index (χ0n) is 37.6. The molecule has 0 saturated heterocycles. The lowest BCUT2D eigenvalue weighted by molar-refractivity contribution is 0.892. The van der Waals surface area contributed by atoms with Crippen LogP contribution in [0.3, 0.4) is 0 Å². The van der Waals surface area contributed by atoms with Crippen LogP contribution >= 0.6 is 0 Å². The normalized spacial score (nSPS) is 12.0. The molecule has 0 saturated carbocycles. The summed E-state index contributed by atoms with van der Waals surface area (Å²) in [5, 5.41) is 9.35. The second kappa shape index (κ2) is 15.0. The third kappa shape index (κ3) is 5.54. The van der Waals surface area contributed by atoms with Crippen LogP contribution in [-0.2, 0) is 0 Å². The van der Waals surface area contributed by atoms with Crippen LogP contribution in [0, 0.1) is 0 Å². The van der Waals surface area contributed by atoms with Crippen molar-refractivity contribution in [3.63, 3.8) is 0 Å². The van der Waals surface area contributed by atoms with Crippen LogP contribution in [0.15, 0.2) is 237 Å². The first-order valence-corrected chi connectivity index (χ1v) is 23.7. The molecule has 0 bridgehead atoms. The third-order valence-corrected chi connectivity index (χ3v) is 14.3. The van der Waals surface area contributed by atoms with E-state index in [1.54, 1.807) is 0 Å². The van der Waals surface area contributed by atoms with Crippen molar-refractivity contribution in [1.29, 1.82) is 0 Å². The van der Waals surface area contributed by atoms with Crippen molar-refractivity contribution in [2.24, 2.45) is 0 Å². The Bertz CT molecular complexity index is 4260. The summed E-state index contributed by atoms with van der Waals surface area (Å²) in [6, 6.07) is 84.4. The number of rotatable bonds is 6. The molecule has 5 aromatic heterocycles. The molecule has 0 fully saturated rings. The lowest BCUT2D eigenvalue weighted by Crippen LogP contribution is -2.11. The van der Waals surface area contributed by atoms with Crippen molar-refractivity contribution in [3.05, 3.63) is 237 Å². The maximum atomic E-state index is 5.67. The average Bonchev–Trinajstić information content (AvgIpc) is 4.16. The summed E-state index contributed by atoms with van der Waals surface area (Å²) in [7, 11) is 0. The van der Waals surface area contributed by atoms with Crippen molar-refractivity contribution in [1.82, 2.24) is 33.2 Å². The Labute approximate surface area is 401 Å². The van der Waals surface area contributed by atoms with Gasteiger partial charge in [-0.05, 0) is 77.9 Å². The van der Waals surface area contributed by atoms with Crippen LogP contribution < -0.4 is 0 Å². The molecule has 0 aliphatic heterocycles. The highest BCUT2D eigenvalue weighted by Gasteiger charge is 2.25. The fourth-order valence-corrected chi connectivity index (χ4v) is 11.3. The smallest absolute Gasteiger partial charge is 0.240 e. The quantitative estimate of drug-likeness (QED) is 0.167. The minimum absolute atomic E-state index is 0.531. The highest BCUT2D eigenvalue weighted by atomic mass is 15.3. The van der Waals surface area contributed by atoms with Crippen molar-refractivity contribution in [3.8, 4) is 45.8 Å². The Morgan fingerprint density at radius 3 is 0.914 bits per heavy atom. The number of fused-ring (bicyclic) bond motifs is 12. The number of hydrogen-bond acceptors (Lipinski definition) is 3. The molecule has 0 aliphatic rings. The van der Waals surface area contributed by atoms with Crippen molar-refractivity contribution >= 4 is 87.2 Å². The average molecular weight is 894 g/mol. The molecule has 70 heavy (non-hydrogen) atoms. The van der Waals surface area contributed by atoms with Gasteiger partial charge in [-0.25, -0.2) is 0 Å². The monoisotopic (exact) mass is 893 g/mol. The first-order chi connectivity index (χ1) is 34.8. The predicted molar refractivity (Wildman–Crippen MR) is 288 cm³/mol. The maximum Gasteiger partial charge on any atom is 0.240 e. The summed E-state index contributed by atoms with van der Waals surface area (Å²) in [6.07, 6.45) is 0. The van der Waals surface area contributed by atoms with Gasteiger partial charge in [-0.2, -0.15) is 15.0 Å². The van der Waals surface area contributed by atoms with Gasteiger partial charge in [0.05, 0.1) is 55.4 Å². The SMILES string of the molecule is c1cc(-c2ccc(-n3c4ccccc4c4ccccc43)cc2)c(-c2nc(-n3c4ccccc4c4ccccc43)nc(-n3c4ccccc4c4ccccc43)n2)c(-n2c3ccccc3c3ccccc32)c1. The minimum atomic E-state index is 0.531. The Morgan fingerprint density at radius 1 is 0.243 bits per heavy atom. The molecule has 0 atom stereocenters. The van der Waals surface area contributed by atoms with E-state index in [1.165, 1.54) is 32.6 Å². The van der Waals surface area contributed by atoms with Gasteiger partial charge in [0.1, 0.15) is 0 Å². The van der Waals surface area contributed by atoms with E-state index in [0.29, 0.717) is 17.7 Å². The Hall–Kier alpha value is -9.59. The fourth-order valence-electron chi connectivity index (χ4n) is 11.3. The topological polar surface area (TPSA) is 58.4 Å². The van der Waals surface area contributed by atoms with Gasteiger partial charge in [-0.15, -0.1) is 0 Å². The van der Waals surface area contributed by atoms with E-state index in [1.807, 2.05) is 0 Å². The molecule has 15 aromatic rings. The van der Waals surface area contributed by atoms with Crippen LogP contribution in [0.2, 0.25) is 0 Å². The van der Waals surface area contributed by atoms with Crippen LogP contribution in [0.1, 0.15) is 0 Å². The fraction of sp³-hybridized carbons (Fsp3) is 0. The van der Waals surface area contributed by atoms with Crippen LogP contribution in [0.5, 0.6) is 0 Å². The standard InChI is InChI=1S/C63H39N7/c1-9-27-51-43(18-1)44-19-2-10-28-52(44)67(51)41-38-36-40(37-39-41)42-26-17-35-59(68-53-29-11-3-20-45(53)46-21-4-12-30-54(46)68)60(42)61-64-62(69-55-31-13-5-22-47(55)48-23-6-14-32-56(48)69)66-63(65-61)70-57-33-15-7-24-49(57)50-25-8-16-34-58(50)70/h1-39H. The first kappa shape index (κ1) is 38.5. The molecule has 5 heterocycles. The van der Waals surface area contributed by atoms with Crippen molar-refractivity contribution < 1.29 is 0 Å². The molecular formula is C63H39N7. The molecule has 0 unspecified atom stereocenters.